The molecule has 2 amide bonds. The molecule has 0 aromatic carbocycles. The molecule has 1 saturated heterocycles. The number of amides is 2. The number of oxime groups is 1. The lowest BCUT2D eigenvalue weighted by atomic mass is 10.00. The normalized spacial score (nSPS) is 26.2. The van der Waals surface area contributed by atoms with Gasteiger partial charge in [0.05, 0.1) is 30.1 Å². The minimum absolute atomic E-state index is 0.0499. The molecule has 0 spiro atoms. The van der Waals surface area contributed by atoms with Crippen molar-refractivity contribution in [1.82, 2.24) is 15.1 Å². The lowest BCUT2D eigenvalue weighted by Gasteiger charge is -2.25. The van der Waals surface area contributed by atoms with Crippen LogP contribution in [0.2, 0.25) is 0 Å². The highest BCUT2D eigenvalue weighted by Crippen LogP contribution is 2.21. The maximum atomic E-state index is 11.8. The zero-order valence-electron chi connectivity index (χ0n) is 11.7. The van der Waals surface area contributed by atoms with Gasteiger partial charge in [0.25, 0.3) is 0 Å². The molecule has 2 unspecified atom stereocenters. The number of urea groups is 1. The second kappa shape index (κ2) is 5.15. The van der Waals surface area contributed by atoms with Crippen molar-refractivity contribution in [3.05, 3.63) is 12.4 Å². The van der Waals surface area contributed by atoms with Gasteiger partial charge in [0.2, 0.25) is 0 Å². The third-order valence-corrected chi connectivity index (χ3v) is 3.86. The van der Waals surface area contributed by atoms with Crippen LogP contribution in [0.3, 0.4) is 0 Å². The highest BCUT2D eigenvalue weighted by molar-refractivity contribution is 5.92. The van der Waals surface area contributed by atoms with Crippen LogP contribution < -0.4 is 10.2 Å². The zero-order chi connectivity index (χ0) is 14.1. The second-order valence-electron chi connectivity index (χ2n) is 5.31. The van der Waals surface area contributed by atoms with Crippen molar-refractivity contribution >= 4 is 17.4 Å². The van der Waals surface area contributed by atoms with Crippen molar-refractivity contribution < 1.29 is 9.63 Å². The molecule has 7 heteroatoms. The SMILES string of the molecule is CC1=NOC(C)C1Cn1cc(N2CCCNC2=O)cn1. The molecule has 1 aromatic heterocycles. The van der Waals surface area contributed by atoms with Crippen LogP contribution in [0.4, 0.5) is 10.5 Å². The molecule has 0 bridgehead atoms. The van der Waals surface area contributed by atoms with E-state index >= 15 is 0 Å². The number of nitrogens with zero attached hydrogens (tertiary/aromatic N) is 4. The molecule has 1 fully saturated rings. The van der Waals surface area contributed by atoms with Crippen molar-refractivity contribution in [2.45, 2.75) is 32.9 Å². The molecule has 1 N–H and O–H groups in total. The fraction of sp³-hybridized carbons (Fsp3) is 0.615. The van der Waals surface area contributed by atoms with Gasteiger partial charge in [-0.15, -0.1) is 0 Å². The number of carbonyl (C=O) groups is 1. The fourth-order valence-corrected chi connectivity index (χ4v) is 2.60. The van der Waals surface area contributed by atoms with Crippen molar-refractivity contribution in [3.8, 4) is 0 Å². The first-order chi connectivity index (χ1) is 9.65. The number of aromatic nitrogens is 2. The lowest BCUT2D eigenvalue weighted by Crippen LogP contribution is -2.46. The summed E-state index contributed by atoms with van der Waals surface area (Å²) in [6.07, 6.45) is 4.66. The van der Waals surface area contributed by atoms with E-state index in [0.29, 0.717) is 6.54 Å². The highest BCUT2D eigenvalue weighted by Gasteiger charge is 2.29. The second-order valence-corrected chi connectivity index (χ2v) is 5.31. The molecule has 0 saturated carbocycles. The van der Waals surface area contributed by atoms with Gasteiger partial charge < -0.3 is 10.2 Å². The summed E-state index contributed by atoms with van der Waals surface area (Å²) in [5.41, 5.74) is 1.83. The Balaban J connectivity index is 1.70. The maximum Gasteiger partial charge on any atom is 0.321 e. The summed E-state index contributed by atoms with van der Waals surface area (Å²) >= 11 is 0. The first-order valence-electron chi connectivity index (χ1n) is 6.93. The molecule has 2 atom stereocenters. The predicted molar refractivity (Wildman–Crippen MR) is 74.7 cm³/mol. The molecule has 0 aliphatic carbocycles. The highest BCUT2D eigenvalue weighted by atomic mass is 16.6. The van der Waals surface area contributed by atoms with Gasteiger partial charge in [-0.05, 0) is 20.3 Å². The quantitative estimate of drug-likeness (QED) is 0.902. The Morgan fingerprint density at radius 3 is 3.10 bits per heavy atom. The third-order valence-electron chi connectivity index (χ3n) is 3.86. The third kappa shape index (κ3) is 2.35. The minimum Gasteiger partial charge on any atom is -0.392 e. The van der Waals surface area contributed by atoms with Crippen LogP contribution in [0.1, 0.15) is 20.3 Å². The Hall–Kier alpha value is -2.05. The summed E-state index contributed by atoms with van der Waals surface area (Å²) in [5.74, 6) is 0.234. The van der Waals surface area contributed by atoms with Gasteiger partial charge >= 0.3 is 6.03 Å². The van der Waals surface area contributed by atoms with Gasteiger partial charge in [-0.1, -0.05) is 5.16 Å². The van der Waals surface area contributed by atoms with E-state index in [0.717, 1.165) is 30.9 Å². The molecule has 2 aliphatic rings. The van der Waals surface area contributed by atoms with E-state index in [1.807, 2.05) is 24.7 Å². The van der Waals surface area contributed by atoms with Crippen LogP contribution in [0.5, 0.6) is 0 Å². The van der Waals surface area contributed by atoms with E-state index in [1.54, 1.807) is 11.1 Å². The predicted octanol–water partition coefficient (Wildman–Crippen LogP) is 1.21. The summed E-state index contributed by atoms with van der Waals surface area (Å²) in [6, 6.07) is -0.0499. The maximum absolute atomic E-state index is 11.8. The first kappa shape index (κ1) is 13.0. The number of rotatable bonds is 3. The standard InChI is InChI=1S/C13H19N5O2/c1-9-12(10(2)20-16-9)8-17-7-11(6-15-17)18-5-3-4-14-13(18)19/h6-7,10,12H,3-5,8H2,1-2H3,(H,14,19). The molecule has 2 aliphatic heterocycles. The number of nitrogens with one attached hydrogen (secondary N) is 1. The summed E-state index contributed by atoms with van der Waals surface area (Å²) in [5, 5.41) is 11.2. The van der Waals surface area contributed by atoms with Gasteiger partial charge in [0.15, 0.2) is 0 Å². The van der Waals surface area contributed by atoms with Crippen LogP contribution in [-0.2, 0) is 11.4 Å². The van der Waals surface area contributed by atoms with E-state index in [4.69, 9.17) is 4.84 Å². The first-order valence-corrected chi connectivity index (χ1v) is 6.93. The minimum atomic E-state index is -0.0499. The summed E-state index contributed by atoms with van der Waals surface area (Å²) in [6.45, 7) is 6.17. The number of hydrogen-bond donors (Lipinski definition) is 1. The Labute approximate surface area is 117 Å². The monoisotopic (exact) mass is 277 g/mol. The topological polar surface area (TPSA) is 71.8 Å². The van der Waals surface area contributed by atoms with E-state index < -0.39 is 0 Å². The largest absolute Gasteiger partial charge is 0.392 e. The van der Waals surface area contributed by atoms with Crippen molar-refractivity contribution in [2.24, 2.45) is 11.1 Å². The van der Waals surface area contributed by atoms with Crippen LogP contribution >= 0.6 is 0 Å². The summed E-state index contributed by atoms with van der Waals surface area (Å²) < 4.78 is 1.85. The van der Waals surface area contributed by atoms with E-state index in [2.05, 4.69) is 15.6 Å². The van der Waals surface area contributed by atoms with E-state index in [9.17, 15) is 4.79 Å². The average molecular weight is 277 g/mol. The molecule has 20 heavy (non-hydrogen) atoms. The van der Waals surface area contributed by atoms with Gasteiger partial charge in [-0.25, -0.2) is 4.79 Å². The lowest BCUT2D eigenvalue weighted by molar-refractivity contribution is 0.0712. The zero-order valence-corrected chi connectivity index (χ0v) is 11.7. The number of anilines is 1. The molecule has 108 valence electrons. The molecule has 7 nitrogen and oxygen atoms in total. The number of hydrogen-bond acceptors (Lipinski definition) is 4. The summed E-state index contributed by atoms with van der Waals surface area (Å²) in [4.78, 5) is 18.8. The van der Waals surface area contributed by atoms with Crippen molar-refractivity contribution in [1.29, 1.82) is 0 Å². The molecule has 3 rings (SSSR count). The Bertz CT molecular complexity index is 539. The fourth-order valence-electron chi connectivity index (χ4n) is 2.60. The molecular formula is C13H19N5O2. The Morgan fingerprint density at radius 2 is 2.40 bits per heavy atom. The van der Waals surface area contributed by atoms with Gasteiger partial charge in [-0.2, -0.15) is 5.10 Å². The molecule has 3 heterocycles. The van der Waals surface area contributed by atoms with E-state index in [-0.39, 0.29) is 18.1 Å². The van der Waals surface area contributed by atoms with Crippen molar-refractivity contribution in [3.63, 3.8) is 0 Å². The Kier molecular flexibility index (Phi) is 3.33. The average Bonchev–Trinajstić information content (AvgIpc) is 3.02. The van der Waals surface area contributed by atoms with Gasteiger partial charge in [-0.3, -0.25) is 9.58 Å². The van der Waals surface area contributed by atoms with Crippen LogP contribution in [-0.4, -0.2) is 40.7 Å². The van der Waals surface area contributed by atoms with E-state index in [1.165, 1.54) is 0 Å². The van der Waals surface area contributed by atoms with Gasteiger partial charge in [0.1, 0.15) is 6.10 Å². The van der Waals surface area contributed by atoms with Crippen LogP contribution in [0.15, 0.2) is 17.5 Å². The molecule has 1 aromatic rings. The van der Waals surface area contributed by atoms with Crippen LogP contribution in [0, 0.1) is 5.92 Å². The summed E-state index contributed by atoms with van der Waals surface area (Å²) in [7, 11) is 0. The molecule has 0 radical (unpaired) electrons. The molecular weight excluding hydrogens is 258 g/mol. The smallest absolute Gasteiger partial charge is 0.321 e. The van der Waals surface area contributed by atoms with Crippen molar-refractivity contribution in [2.75, 3.05) is 18.0 Å². The number of carbonyl (C=O) groups excluding carboxylic acids is 1. The Morgan fingerprint density at radius 1 is 1.55 bits per heavy atom. The van der Waals surface area contributed by atoms with Gasteiger partial charge in [0, 0.05) is 19.3 Å². The van der Waals surface area contributed by atoms with Crippen LogP contribution in [0.25, 0.3) is 0 Å².